The van der Waals surface area contributed by atoms with Crippen molar-refractivity contribution in [2.75, 3.05) is 7.05 Å². The lowest BCUT2D eigenvalue weighted by atomic mass is 10.1. The Kier molecular flexibility index (Phi) is 3.77. The van der Waals surface area contributed by atoms with Gasteiger partial charge >= 0.3 is 6.18 Å². The van der Waals surface area contributed by atoms with E-state index in [1.165, 1.54) is 6.20 Å². The summed E-state index contributed by atoms with van der Waals surface area (Å²) >= 11 is 0. The summed E-state index contributed by atoms with van der Waals surface area (Å²) in [5.74, 6) is 0. The average Bonchev–Trinajstić information content (AvgIpc) is 2.88. The molecule has 1 heterocycles. The first-order chi connectivity index (χ1) is 9.45. The molecule has 0 saturated carbocycles. The zero-order valence-electron chi connectivity index (χ0n) is 10.6. The molecule has 0 aliphatic heterocycles. The van der Waals surface area contributed by atoms with Gasteiger partial charge in [0.1, 0.15) is 6.07 Å². The highest BCUT2D eigenvalue weighted by Gasteiger charge is 2.33. The second-order valence-corrected chi connectivity index (χ2v) is 4.14. The van der Waals surface area contributed by atoms with Crippen molar-refractivity contribution >= 4 is 0 Å². The van der Waals surface area contributed by atoms with Gasteiger partial charge in [-0.25, -0.2) is 4.68 Å². The Morgan fingerprint density at radius 2 is 2.10 bits per heavy atom. The first kappa shape index (κ1) is 14.1. The number of hydrogen-bond donors (Lipinski definition) is 1. The normalized spacial score (nSPS) is 11.3. The second-order valence-electron chi connectivity index (χ2n) is 4.14. The fraction of sp³-hybridized carbons (Fsp3) is 0.231. The van der Waals surface area contributed by atoms with Crippen LogP contribution in [-0.4, -0.2) is 16.8 Å². The molecule has 20 heavy (non-hydrogen) atoms. The van der Waals surface area contributed by atoms with Gasteiger partial charge in [0.25, 0.3) is 0 Å². The summed E-state index contributed by atoms with van der Waals surface area (Å²) in [6, 6.07) is 7.79. The van der Waals surface area contributed by atoms with Gasteiger partial charge in [0.15, 0.2) is 5.69 Å². The van der Waals surface area contributed by atoms with Gasteiger partial charge in [-0.3, -0.25) is 0 Å². The second kappa shape index (κ2) is 5.35. The quantitative estimate of drug-likeness (QED) is 0.939. The minimum atomic E-state index is -4.50. The van der Waals surface area contributed by atoms with Crippen LogP contribution < -0.4 is 5.32 Å². The molecule has 1 N–H and O–H groups in total. The molecule has 2 rings (SSSR count). The van der Waals surface area contributed by atoms with Gasteiger partial charge in [0.2, 0.25) is 0 Å². The van der Waals surface area contributed by atoms with Gasteiger partial charge in [-0.15, -0.1) is 0 Å². The van der Waals surface area contributed by atoms with E-state index in [9.17, 15) is 13.2 Å². The molecule has 0 unspecified atom stereocenters. The lowest BCUT2D eigenvalue weighted by Gasteiger charge is -2.07. The maximum atomic E-state index is 12.5. The van der Waals surface area contributed by atoms with Crippen molar-refractivity contribution in [1.29, 1.82) is 5.26 Å². The van der Waals surface area contributed by atoms with E-state index in [1.807, 2.05) is 6.07 Å². The van der Waals surface area contributed by atoms with Crippen LogP contribution in [0.3, 0.4) is 0 Å². The molecule has 0 amide bonds. The standard InChI is InChI=1S/C13H11F3N4/c1-18-8-9-2-3-11(10(6-9)7-17)20-5-4-12(19-20)13(14,15)16/h2-6,18H,8H2,1H3. The molecule has 0 fully saturated rings. The Morgan fingerprint density at radius 1 is 1.35 bits per heavy atom. The maximum Gasteiger partial charge on any atom is 0.435 e. The van der Waals surface area contributed by atoms with Crippen LogP contribution in [0, 0.1) is 11.3 Å². The summed E-state index contributed by atoms with van der Waals surface area (Å²) in [5.41, 5.74) is 0.481. The highest BCUT2D eigenvalue weighted by Crippen LogP contribution is 2.28. The topological polar surface area (TPSA) is 53.6 Å². The van der Waals surface area contributed by atoms with Gasteiger partial charge in [-0.05, 0) is 30.8 Å². The highest BCUT2D eigenvalue weighted by molar-refractivity contribution is 5.50. The third kappa shape index (κ3) is 2.81. The van der Waals surface area contributed by atoms with Gasteiger partial charge in [-0.2, -0.15) is 23.5 Å². The Hall–Kier alpha value is -2.33. The summed E-state index contributed by atoms with van der Waals surface area (Å²) in [6.45, 7) is 0.571. The third-order valence-electron chi connectivity index (χ3n) is 2.69. The molecule has 1 aromatic heterocycles. The van der Waals surface area contributed by atoms with Crippen LogP contribution in [-0.2, 0) is 12.7 Å². The van der Waals surface area contributed by atoms with E-state index in [-0.39, 0.29) is 5.56 Å². The Labute approximate surface area is 113 Å². The molecule has 0 aliphatic rings. The van der Waals surface area contributed by atoms with E-state index in [1.54, 1.807) is 25.2 Å². The molecule has 0 radical (unpaired) electrons. The van der Waals surface area contributed by atoms with Crippen LogP contribution in [0.5, 0.6) is 0 Å². The summed E-state index contributed by atoms with van der Waals surface area (Å²) < 4.78 is 38.6. The average molecular weight is 280 g/mol. The summed E-state index contributed by atoms with van der Waals surface area (Å²) in [5, 5.41) is 15.5. The SMILES string of the molecule is CNCc1ccc(-n2ccc(C(F)(F)F)n2)c(C#N)c1. The van der Waals surface area contributed by atoms with E-state index in [0.29, 0.717) is 12.2 Å². The molecule has 0 spiro atoms. The zero-order chi connectivity index (χ0) is 14.8. The van der Waals surface area contributed by atoms with Crippen molar-refractivity contribution in [3.05, 3.63) is 47.3 Å². The van der Waals surface area contributed by atoms with Crippen molar-refractivity contribution in [1.82, 2.24) is 15.1 Å². The lowest BCUT2D eigenvalue weighted by Crippen LogP contribution is -2.09. The molecular formula is C13H11F3N4. The van der Waals surface area contributed by atoms with Gasteiger partial charge in [0.05, 0.1) is 11.3 Å². The molecule has 2 aromatic rings. The molecule has 0 bridgehead atoms. The fourth-order valence-corrected chi connectivity index (χ4v) is 1.80. The van der Waals surface area contributed by atoms with Gasteiger partial charge < -0.3 is 5.32 Å². The molecule has 0 aliphatic carbocycles. The van der Waals surface area contributed by atoms with Crippen molar-refractivity contribution in [2.45, 2.75) is 12.7 Å². The molecule has 1 aromatic carbocycles. The molecule has 7 heteroatoms. The van der Waals surface area contributed by atoms with Crippen LogP contribution in [0.25, 0.3) is 5.69 Å². The number of hydrogen-bond acceptors (Lipinski definition) is 3. The number of aromatic nitrogens is 2. The molecule has 0 atom stereocenters. The summed E-state index contributed by atoms with van der Waals surface area (Å²) in [7, 11) is 1.77. The largest absolute Gasteiger partial charge is 0.435 e. The number of nitrogens with zero attached hydrogens (tertiary/aromatic N) is 3. The van der Waals surface area contributed by atoms with Gasteiger partial charge in [0, 0.05) is 12.7 Å². The van der Waals surface area contributed by atoms with E-state index in [4.69, 9.17) is 5.26 Å². The fourth-order valence-electron chi connectivity index (χ4n) is 1.80. The molecular weight excluding hydrogens is 269 g/mol. The number of nitriles is 1. The first-order valence-electron chi connectivity index (χ1n) is 5.76. The number of alkyl halides is 3. The highest BCUT2D eigenvalue weighted by atomic mass is 19.4. The van der Waals surface area contributed by atoms with Crippen LogP contribution in [0.2, 0.25) is 0 Å². The van der Waals surface area contributed by atoms with Crippen LogP contribution in [0.1, 0.15) is 16.8 Å². The number of halogens is 3. The van der Waals surface area contributed by atoms with Crippen LogP contribution in [0.4, 0.5) is 13.2 Å². The van der Waals surface area contributed by atoms with Crippen molar-refractivity contribution in [3.8, 4) is 11.8 Å². The van der Waals surface area contributed by atoms with Crippen molar-refractivity contribution in [2.24, 2.45) is 0 Å². The zero-order valence-corrected chi connectivity index (χ0v) is 10.6. The number of benzene rings is 1. The summed E-state index contributed by atoms with van der Waals surface area (Å²) in [4.78, 5) is 0. The Morgan fingerprint density at radius 3 is 2.65 bits per heavy atom. The predicted octanol–water partition coefficient (Wildman–Crippen LogP) is 2.48. The van der Waals surface area contributed by atoms with Crippen LogP contribution >= 0.6 is 0 Å². The lowest BCUT2D eigenvalue weighted by molar-refractivity contribution is -0.141. The van der Waals surface area contributed by atoms with Gasteiger partial charge in [-0.1, -0.05) is 6.07 Å². The monoisotopic (exact) mass is 280 g/mol. The minimum absolute atomic E-state index is 0.273. The third-order valence-corrected chi connectivity index (χ3v) is 2.69. The van der Waals surface area contributed by atoms with E-state index >= 15 is 0 Å². The first-order valence-corrected chi connectivity index (χ1v) is 5.76. The van der Waals surface area contributed by atoms with E-state index in [2.05, 4.69) is 10.4 Å². The van der Waals surface area contributed by atoms with Crippen molar-refractivity contribution in [3.63, 3.8) is 0 Å². The maximum absolute atomic E-state index is 12.5. The van der Waals surface area contributed by atoms with E-state index < -0.39 is 11.9 Å². The predicted molar refractivity (Wildman–Crippen MR) is 66.0 cm³/mol. The molecule has 4 nitrogen and oxygen atoms in total. The number of nitrogens with one attached hydrogen (secondary N) is 1. The van der Waals surface area contributed by atoms with Crippen molar-refractivity contribution < 1.29 is 13.2 Å². The van der Waals surface area contributed by atoms with E-state index in [0.717, 1.165) is 16.3 Å². The minimum Gasteiger partial charge on any atom is -0.316 e. The van der Waals surface area contributed by atoms with Crippen LogP contribution in [0.15, 0.2) is 30.5 Å². The summed E-state index contributed by atoms with van der Waals surface area (Å²) in [6.07, 6.45) is -3.30. The Bertz CT molecular complexity index is 652. The smallest absolute Gasteiger partial charge is 0.316 e. The number of rotatable bonds is 3. The molecule has 104 valence electrons. The molecule has 0 saturated heterocycles. The Balaban J connectivity index is 2.43.